The van der Waals surface area contributed by atoms with E-state index in [2.05, 4.69) is 5.32 Å². The Labute approximate surface area is 119 Å². The van der Waals surface area contributed by atoms with Gasteiger partial charge in [-0.15, -0.1) is 0 Å². The van der Waals surface area contributed by atoms with Crippen molar-refractivity contribution in [3.05, 3.63) is 29.3 Å². The number of halogens is 2. The van der Waals surface area contributed by atoms with Crippen LogP contribution in [0.25, 0.3) is 0 Å². The highest BCUT2D eigenvalue weighted by Gasteiger charge is 2.20. The minimum Gasteiger partial charge on any atom is -0.484 e. The Bertz CT molecular complexity index is 419. The summed E-state index contributed by atoms with van der Waals surface area (Å²) < 4.78 is 33.5. The Hall–Kier alpha value is -1.16. The molecule has 1 N–H and O–H groups in total. The summed E-state index contributed by atoms with van der Waals surface area (Å²) in [5.41, 5.74) is 0.602. The fourth-order valence-electron chi connectivity index (χ4n) is 2.50. The highest BCUT2D eigenvalue weighted by Crippen LogP contribution is 2.28. The summed E-state index contributed by atoms with van der Waals surface area (Å²) in [5.74, 6) is -1.42. The van der Waals surface area contributed by atoms with Gasteiger partial charge in [-0.1, -0.05) is 20.3 Å². The van der Waals surface area contributed by atoms with Crippen molar-refractivity contribution in [2.45, 2.75) is 64.6 Å². The van der Waals surface area contributed by atoms with Gasteiger partial charge in [0.05, 0.1) is 6.10 Å². The zero-order valence-corrected chi connectivity index (χ0v) is 12.2. The second kappa shape index (κ2) is 7.02. The first kappa shape index (κ1) is 15.2. The van der Waals surface area contributed by atoms with Gasteiger partial charge in [-0.2, -0.15) is 0 Å². The maximum absolute atomic E-state index is 14.0. The summed E-state index contributed by atoms with van der Waals surface area (Å²) in [7, 11) is 0. The van der Waals surface area contributed by atoms with E-state index in [0.717, 1.165) is 25.7 Å². The lowest BCUT2D eigenvalue weighted by Gasteiger charge is -2.23. The van der Waals surface area contributed by atoms with Gasteiger partial charge < -0.3 is 10.1 Å². The molecule has 0 bridgehead atoms. The molecule has 0 saturated heterocycles. The highest BCUT2D eigenvalue weighted by molar-refractivity contribution is 5.31. The molecule has 2 rings (SSSR count). The molecule has 20 heavy (non-hydrogen) atoms. The molecule has 1 aliphatic rings. The van der Waals surface area contributed by atoms with Crippen LogP contribution in [0.5, 0.6) is 5.75 Å². The quantitative estimate of drug-likeness (QED) is 0.875. The van der Waals surface area contributed by atoms with Gasteiger partial charge in [0.25, 0.3) is 0 Å². The summed E-state index contributed by atoms with van der Waals surface area (Å²) in [5, 5.41) is 3.14. The topological polar surface area (TPSA) is 21.3 Å². The number of hydrogen-bond donors (Lipinski definition) is 1. The molecule has 0 amide bonds. The number of hydrogen-bond acceptors (Lipinski definition) is 2. The van der Waals surface area contributed by atoms with Gasteiger partial charge in [0.2, 0.25) is 0 Å². The molecule has 2 nitrogen and oxygen atoms in total. The second-order valence-corrected chi connectivity index (χ2v) is 5.80. The second-order valence-electron chi connectivity index (χ2n) is 5.80. The van der Waals surface area contributed by atoms with Crippen LogP contribution in [0.1, 0.15) is 51.5 Å². The number of rotatable bonds is 5. The predicted octanol–water partition coefficient (Wildman–Crippen LogP) is 4.17. The molecule has 0 heterocycles. The summed E-state index contributed by atoms with van der Waals surface area (Å²) in [6.07, 6.45) is 5.05. The molecule has 0 aromatic heterocycles. The van der Waals surface area contributed by atoms with Gasteiger partial charge in [-0.3, -0.25) is 0 Å². The van der Waals surface area contributed by atoms with E-state index in [-0.39, 0.29) is 17.9 Å². The smallest absolute Gasteiger partial charge is 0.191 e. The first-order valence-electron chi connectivity index (χ1n) is 7.44. The lowest BCUT2D eigenvalue weighted by atomic mass is 9.98. The first-order chi connectivity index (χ1) is 9.56. The van der Waals surface area contributed by atoms with Crippen molar-refractivity contribution in [1.29, 1.82) is 0 Å². The Morgan fingerprint density at radius 3 is 2.30 bits per heavy atom. The van der Waals surface area contributed by atoms with Gasteiger partial charge in [0, 0.05) is 12.6 Å². The molecule has 1 aliphatic carbocycles. The molecule has 0 aliphatic heterocycles. The average molecular weight is 283 g/mol. The monoisotopic (exact) mass is 283 g/mol. The van der Waals surface area contributed by atoms with Crippen molar-refractivity contribution in [1.82, 2.24) is 5.32 Å². The Morgan fingerprint density at radius 1 is 1.15 bits per heavy atom. The van der Waals surface area contributed by atoms with Crippen LogP contribution in [0.15, 0.2) is 12.1 Å². The van der Waals surface area contributed by atoms with E-state index in [0.29, 0.717) is 12.1 Å². The van der Waals surface area contributed by atoms with Crippen molar-refractivity contribution in [3.8, 4) is 5.75 Å². The maximum Gasteiger partial charge on any atom is 0.191 e. The summed E-state index contributed by atoms with van der Waals surface area (Å²) in [6, 6.07) is 2.99. The van der Waals surface area contributed by atoms with Crippen LogP contribution < -0.4 is 10.1 Å². The summed E-state index contributed by atoms with van der Waals surface area (Å²) >= 11 is 0. The van der Waals surface area contributed by atoms with Crippen LogP contribution in [-0.2, 0) is 6.54 Å². The molecule has 0 spiro atoms. The van der Waals surface area contributed by atoms with Crippen LogP contribution >= 0.6 is 0 Å². The molecule has 1 aromatic rings. The van der Waals surface area contributed by atoms with Gasteiger partial charge in [0.15, 0.2) is 17.4 Å². The zero-order valence-electron chi connectivity index (χ0n) is 12.2. The Kier molecular flexibility index (Phi) is 5.35. The Balaban J connectivity index is 2.05. The third-order valence-corrected chi connectivity index (χ3v) is 3.61. The Morgan fingerprint density at radius 2 is 1.75 bits per heavy atom. The molecular weight excluding hydrogens is 260 g/mol. The molecule has 0 radical (unpaired) electrons. The van der Waals surface area contributed by atoms with Crippen molar-refractivity contribution in [2.75, 3.05) is 0 Å². The fourth-order valence-corrected chi connectivity index (χ4v) is 2.50. The van der Waals surface area contributed by atoms with E-state index in [4.69, 9.17) is 4.74 Å². The summed E-state index contributed by atoms with van der Waals surface area (Å²) in [4.78, 5) is 0. The van der Waals surface area contributed by atoms with E-state index < -0.39 is 11.6 Å². The van der Waals surface area contributed by atoms with Gasteiger partial charge in [0.1, 0.15) is 0 Å². The number of nitrogens with one attached hydrogen (secondary N) is 1. The van der Waals surface area contributed by atoms with E-state index in [1.54, 1.807) is 0 Å². The molecule has 1 saturated carbocycles. The SMILES string of the molecule is CC(C)NCc1cc(F)c(OC2CCCCC2)c(F)c1. The molecular formula is C16H23F2NO. The summed E-state index contributed by atoms with van der Waals surface area (Å²) in [6.45, 7) is 4.44. The molecule has 112 valence electrons. The molecule has 4 heteroatoms. The van der Waals surface area contributed by atoms with Crippen molar-refractivity contribution in [2.24, 2.45) is 0 Å². The van der Waals surface area contributed by atoms with Crippen LogP contribution in [0.3, 0.4) is 0 Å². The van der Waals surface area contributed by atoms with Crippen LogP contribution in [0, 0.1) is 11.6 Å². The minimum absolute atomic E-state index is 0.0487. The standard InChI is InChI=1S/C16H23F2NO/c1-11(2)19-10-12-8-14(17)16(15(18)9-12)20-13-6-4-3-5-7-13/h8-9,11,13,19H,3-7,10H2,1-2H3. The third kappa shape index (κ3) is 4.17. The predicted molar refractivity (Wildman–Crippen MR) is 75.8 cm³/mol. The van der Waals surface area contributed by atoms with Crippen LogP contribution in [-0.4, -0.2) is 12.1 Å². The lowest BCUT2D eigenvalue weighted by Crippen LogP contribution is -2.23. The fraction of sp³-hybridized carbons (Fsp3) is 0.625. The third-order valence-electron chi connectivity index (χ3n) is 3.61. The van der Waals surface area contributed by atoms with E-state index in [1.807, 2.05) is 13.8 Å². The van der Waals surface area contributed by atoms with Crippen LogP contribution in [0.2, 0.25) is 0 Å². The van der Waals surface area contributed by atoms with Crippen LogP contribution in [0.4, 0.5) is 8.78 Å². The number of ether oxygens (including phenoxy) is 1. The number of benzene rings is 1. The van der Waals surface area contributed by atoms with Crippen molar-refractivity contribution in [3.63, 3.8) is 0 Å². The van der Waals surface area contributed by atoms with Gasteiger partial charge in [-0.25, -0.2) is 8.78 Å². The lowest BCUT2D eigenvalue weighted by molar-refractivity contribution is 0.142. The molecule has 1 aromatic carbocycles. The zero-order chi connectivity index (χ0) is 14.5. The van der Waals surface area contributed by atoms with E-state index >= 15 is 0 Å². The molecule has 0 atom stereocenters. The van der Waals surface area contributed by atoms with Crippen molar-refractivity contribution < 1.29 is 13.5 Å². The first-order valence-corrected chi connectivity index (χ1v) is 7.44. The largest absolute Gasteiger partial charge is 0.484 e. The van der Waals surface area contributed by atoms with Crippen molar-refractivity contribution >= 4 is 0 Å². The van der Waals surface area contributed by atoms with Gasteiger partial charge in [-0.05, 0) is 43.4 Å². The molecule has 0 unspecified atom stereocenters. The average Bonchev–Trinajstić information content (AvgIpc) is 2.42. The highest BCUT2D eigenvalue weighted by atomic mass is 19.1. The minimum atomic E-state index is -0.601. The normalized spacial score (nSPS) is 16.6. The molecule has 1 fully saturated rings. The van der Waals surface area contributed by atoms with E-state index in [1.165, 1.54) is 18.6 Å². The maximum atomic E-state index is 14.0. The van der Waals surface area contributed by atoms with Gasteiger partial charge >= 0.3 is 0 Å². The van der Waals surface area contributed by atoms with E-state index in [9.17, 15) is 8.78 Å².